The highest BCUT2D eigenvalue weighted by molar-refractivity contribution is 5.95. The normalized spacial score (nSPS) is 19.5. The Balaban J connectivity index is 1.54. The molecule has 2 fully saturated rings. The molecular formula is C18H23NO3. The molecule has 1 aromatic carbocycles. The van der Waals surface area contributed by atoms with Crippen molar-refractivity contribution < 1.29 is 14.3 Å². The molecule has 0 spiro atoms. The molecule has 0 bridgehead atoms. The van der Waals surface area contributed by atoms with Crippen molar-refractivity contribution in [1.29, 1.82) is 0 Å². The van der Waals surface area contributed by atoms with Crippen LogP contribution in [0, 0.1) is 0 Å². The zero-order valence-corrected chi connectivity index (χ0v) is 12.9. The Hall–Kier alpha value is -1.84. The van der Waals surface area contributed by atoms with Crippen molar-refractivity contribution in [3.05, 3.63) is 29.8 Å². The maximum atomic E-state index is 12.0. The lowest BCUT2D eigenvalue weighted by Crippen LogP contribution is -2.23. The van der Waals surface area contributed by atoms with E-state index in [1.165, 1.54) is 6.42 Å². The van der Waals surface area contributed by atoms with Crippen LogP contribution in [0.25, 0.3) is 0 Å². The van der Waals surface area contributed by atoms with E-state index in [0.717, 1.165) is 49.9 Å². The lowest BCUT2D eigenvalue weighted by Gasteiger charge is -2.21. The third kappa shape index (κ3) is 3.67. The van der Waals surface area contributed by atoms with Gasteiger partial charge < -0.3 is 9.64 Å². The number of ether oxygens (including phenoxy) is 1. The van der Waals surface area contributed by atoms with Crippen molar-refractivity contribution in [2.24, 2.45) is 0 Å². The number of benzene rings is 1. The highest BCUT2D eigenvalue weighted by atomic mass is 16.5. The summed E-state index contributed by atoms with van der Waals surface area (Å²) >= 11 is 0. The van der Waals surface area contributed by atoms with E-state index in [1.807, 2.05) is 29.2 Å². The first-order valence-electron chi connectivity index (χ1n) is 8.31. The highest BCUT2D eigenvalue weighted by Gasteiger charge is 2.22. The van der Waals surface area contributed by atoms with Gasteiger partial charge in [0.2, 0.25) is 5.91 Å². The first-order chi connectivity index (χ1) is 10.7. The summed E-state index contributed by atoms with van der Waals surface area (Å²) in [5, 5.41) is 0. The van der Waals surface area contributed by atoms with Crippen LogP contribution in [0.15, 0.2) is 24.3 Å². The van der Waals surface area contributed by atoms with Crippen molar-refractivity contribution >= 4 is 17.6 Å². The molecule has 0 unspecified atom stereocenters. The fourth-order valence-electron chi connectivity index (χ4n) is 3.29. The van der Waals surface area contributed by atoms with Gasteiger partial charge >= 0.3 is 5.97 Å². The smallest absolute Gasteiger partial charge is 0.310 e. The van der Waals surface area contributed by atoms with E-state index in [0.29, 0.717) is 12.8 Å². The summed E-state index contributed by atoms with van der Waals surface area (Å²) in [7, 11) is 0. The standard InChI is InChI=1S/C18H23NO3/c20-17-7-4-12-19(17)15-10-8-14(9-11-15)13-18(21)22-16-5-2-1-3-6-16/h8-11,16H,1-7,12-13H2. The summed E-state index contributed by atoms with van der Waals surface area (Å²) < 4.78 is 5.54. The summed E-state index contributed by atoms with van der Waals surface area (Å²) in [5.74, 6) is 0.0429. The minimum atomic E-state index is -0.142. The molecule has 4 nitrogen and oxygen atoms in total. The SMILES string of the molecule is O=C(Cc1ccc(N2CCCC2=O)cc1)OC1CCCCC1. The lowest BCUT2D eigenvalue weighted by atomic mass is 9.98. The van der Waals surface area contributed by atoms with Crippen molar-refractivity contribution in [3.63, 3.8) is 0 Å². The zero-order valence-electron chi connectivity index (χ0n) is 12.9. The molecule has 0 aromatic heterocycles. The van der Waals surface area contributed by atoms with Gasteiger partial charge in [-0.05, 0) is 49.8 Å². The molecule has 0 N–H and O–H groups in total. The second-order valence-electron chi connectivity index (χ2n) is 6.24. The van der Waals surface area contributed by atoms with E-state index in [-0.39, 0.29) is 18.0 Å². The summed E-state index contributed by atoms with van der Waals surface area (Å²) in [6.45, 7) is 0.794. The summed E-state index contributed by atoms with van der Waals surface area (Å²) in [5.41, 5.74) is 1.86. The number of carbonyl (C=O) groups excluding carboxylic acids is 2. The first kappa shape index (κ1) is 15.1. The second kappa shape index (κ2) is 6.95. The number of carbonyl (C=O) groups is 2. The minimum Gasteiger partial charge on any atom is -0.462 e. The number of anilines is 1. The van der Waals surface area contributed by atoms with Crippen LogP contribution >= 0.6 is 0 Å². The molecule has 0 atom stereocenters. The Morgan fingerprint density at radius 1 is 1.09 bits per heavy atom. The first-order valence-corrected chi connectivity index (χ1v) is 8.31. The van der Waals surface area contributed by atoms with Gasteiger partial charge in [0.25, 0.3) is 0 Å². The van der Waals surface area contributed by atoms with Gasteiger partial charge in [-0.2, -0.15) is 0 Å². The van der Waals surface area contributed by atoms with Gasteiger partial charge in [0.15, 0.2) is 0 Å². The van der Waals surface area contributed by atoms with Crippen molar-refractivity contribution in [1.82, 2.24) is 0 Å². The monoisotopic (exact) mass is 301 g/mol. The zero-order chi connectivity index (χ0) is 15.4. The molecule has 1 aliphatic heterocycles. The predicted molar refractivity (Wildman–Crippen MR) is 84.7 cm³/mol. The van der Waals surface area contributed by atoms with Gasteiger partial charge in [-0.1, -0.05) is 18.6 Å². The Kier molecular flexibility index (Phi) is 4.76. The van der Waals surface area contributed by atoms with Crippen LogP contribution in [0.4, 0.5) is 5.69 Å². The maximum absolute atomic E-state index is 12.0. The van der Waals surface area contributed by atoms with E-state index in [1.54, 1.807) is 0 Å². The van der Waals surface area contributed by atoms with Gasteiger partial charge in [-0.3, -0.25) is 9.59 Å². The van der Waals surface area contributed by atoms with Crippen LogP contribution in [0.5, 0.6) is 0 Å². The average Bonchev–Trinajstić information content (AvgIpc) is 2.95. The number of esters is 1. The molecule has 1 heterocycles. The lowest BCUT2D eigenvalue weighted by molar-refractivity contribution is -0.149. The highest BCUT2D eigenvalue weighted by Crippen LogP contribution is 2.23. The van der Waals surface area contributed by atoms with E-state index in [4.69, 9.17) is 4.74 Å². The largest absolute Gasteiger partial charge is 0.462 e. The van der Waals surface area contributed by atoms with Crippen LogP contribution in [-0.4, -0.2) is 24.5 Å². The van der Waals surface area contributed by atoms with Gasteiger partial charge in [-0.25, -0.2) is 0 Å². The molecule has 1 saturated carbocycles. The van der Waals surface area contributed by atoms with E-state index in [9.17, 15) is 9.59 Å². The van der Waals surface area contributed by atoms with Crippen molar-refractivity contribution in [2.75, 3.05) is 11.4 Å². The predicted octanol–water partition coefficient (Wildman–Crippen LogP) is 3.23. The van der Waals surface area contributed by atoms with Gasteiger partial charge in [0, 0.05) is 18.7 Å². The van der Waals surface area contributed by atoms with E-state index in [2.05, 4.69) is 0 Å². The maximum Gasteiger partial charge on any atom is 0.310 e. The average molecular weight is 301 g/mol. The van der Waals surface area contributed by atoms with Gasteiger partial charge in [0.1, 0.15) is 6.10 Å². The third-order valence-electron chi connectivity index (χ3n) is 4.52. The molecular weight excluding hydrogens is 278 g/mol. The molecule has 4 heteroatoms. The summed E-state index contributed by atoms with van der Waals surface area (Å²) in [6, 6.07) is 7.69. The number of hydrogen-bond acceptors (Lipinski definition) is 3. The molecule has 1 saturated heterocycles. The van der Waals surface area contributed by atoms with Gasteiger partial charge in [0.05, 0.1) is 6.42 Å². The molecule has 118 valence electrons. The van der Waals surface area contributed by atoms with Gasteiger partial charge in [-0.15, -0.1) is 0 Å². The molecule has 2 aliphatic rings. The summed E-state index contributed by atoms with van der Waals surface area (Å²) in [4.78, 5) is 25.5. The molecule has 1 aromatic rings. The molecule has 1 aliphatic carbocycles. The van der Waals surface area contributed by atoms with Crippen LogP contribution in [-0.2, 0) is 20.7 Å². The fraction of sp³-hybridized carbons (Fsp3) is 0.556. The Bertz CT molecular complexity index is 532. The molecule has 22 heavy (non-hydrogen) atoms. The number of hydrogen-bond donors (Lipinski definition) is 0. The topological polar surface area (TPSA) is 46.6 Å². The second-order valence-corrected chi connectivity index (χ2v) is 6.24. The Morgan fingerprint density at radius 3 is 2.45 bits per heavy atom. The molecule has 1 amide bonds. The van der Waals surface area contributed by atoms with Crippen LogP contribution < -0.4 is 4.90 Å². The Labute approximate surface area is 131 Å². The van der Waals surface area contributed by atoms with Crippen molar-refractivity contribution in [2.45, 2.75) is 57.5 Å². The molecule has 3 rings (SSSR count). The van der Waals surface area contributed by atoms with Crippen molar-refractivity contribution in [3.8, 4) is 0 Å². The van der Waals surface area contributed by atoms with Crippen LogP contribution in [0.2, 0.25) is 0 Å². The van der Waals surface area contributed by atoms with E-state index >= 15 is 0 Å². The number of amides is 1. The third-order valence-corrected chi connectivity index (χ3v) is 4.52. The Morgan fingerprint density at radius 2 is 1.82 bits per heavy atom. The quantitative estimate of drug-likeness (QED) is 0.802. The molecule has 0 radical (unpaired) electrons. The fourth-order valence-corrected chi connectivity index (χ4v) is 3.29. The van der Waals surface area contributed by atoms with Crippen LogP contribution in [0.1, 0.15) is 50.5 Å². The minimum absolute atomic E-state index is 0.114. The van der Waals surface area contributed by atoms with E-state index < -0.39 is 0 Å². The number of nitrogens with zero attached hydrogens (tertiary/aromatic N) is 1. The summed E-state index contributed by atoms with van der Waals surface area (Å²) in [6.07, 6.45) is 7.57. The number of rotatable bonds is 4. The van der Waals surface area contributed by atoms with Crippen LogP contribution in [0.3, 0.4) is 0 Å².